The zero-order valence-corrected chi connectivity index (χ0v) is 14.0. The molecule has 2 fully saturated rings. The highest BCUT2D eigenvalue weighted by Crippen LogP contribution is 2.23. The van der Waals surface area contributed by atoms with Crippen LogP contribution >= 0.6 is 24.8 Å². The van der Waals surface area contributed by atoms with Crippen molar-refractivity contribution in [3.8, 4) is 0 Å². The monoisotopic (exact) mass is 325 g/mol. The van der Waals surface area contributed by atoms with Crippen molar-refractivity contribution < 1.29 is 4.79 Å². The summed E-state index contributed by atoms with van der Waals surface area (Å²) in [7, 11) is 0. The van der Waals surface area contributed by atoms with Crippen LogP contribution in [-0.2, 0) is 4.79 Å². The van der Waals surface area contributed by atoms with E-state index in [1.54, 1.807) is 0 Å². The molecule has 0 aromatic carbocycles. The number of carbonyl (C=O) groups excluding carboxylic acids is 1. The van der Waals surface area contributed by atoms with Gasteiger partial charge in [0.2, 0.25) is 5.91 Å². The second-order valence-corrected chi connectivity index (χ2v) is 5.84. The predicted molar refractivity (Wildman–Crippen MR) is 87.7 cm³/mol. The first-order valence-corrected chi connectivity index (χ1v) is 7.47. The predicted octanol–water partition coefficient (Wildman–Crippen LogP) is 1.95. The van der Waals surface area contributed by atoms with Crippen LogP contribution in [0.15, 0.2) is 0 Å². The molecule has 20 heavy (non-hydrogen) atoms. The molecule has 2 atom stereocenters. The first kappa shape index (κ1) is 20.0. The number of hydrogen-bond donors (Lipinski definition) is 2. The summed E-state index contributed by atoms with van der Waals surface area (Å²) < 4.78 is 0. The summed E-state index contributed by atoms with van der Waals surface area (Å²) in [5, 5.41) is 3.23. The average molecular weight is 326 g/mol. The molecule has 1 saturated carbocycles. The highest BCUT2D eigenvalue weighted by atomic mass is 35.5. The Hall–Kier alpha value is -0.0300. The smallest absolute Gasteiger partial charge is 0.223 e. The third-order valence-corrected chi connectivity index (χ3v) is 4.47. The molecule has 1 saturated heterocycles. The van der Waals surface area contributed by atoms with Crippen molar-refractivity contribution in [3.05, 3.63) is 0 Å². The molecule has 3 N–H and O–H groups in total. The maximum atomic E-state index is 12.2. The fourth-order valence-corrected chi connectivity index (χ4v) is 3.18. The highest BCUT2D eigenvalue weighted by Gasteiger charge is 2.27. The lowest BCUT2D eigenvalue weighted by atomic mass is 9.85. The normalized spacial score (nSPS) is 28.1. The van der Waals surface area contributed by atoms with Crippen molar-refractivity contribution in [3.63, 3.8) is 0 Å². The minimum absolute atomic E-state index is 0. The van der Waals surface area contributed by atoms with Crippen LogP contribution in [0.1, 0.15) is 45.4 Å². The molecule has 0 aromatic heterocycles. The van der Waals surface area contributed by atoms with E-state index in [1.807, 2.05) is 0 Å². The SMILES string of the molecule is CCN1CCC(NC(=O)C2CCCC(N)C2)CC1.Cl.Cl. The van der Waals surface area contributed by atoms with Gasteiger partial charge >= 0.3 is 0 Å². The maximum absolute atomic E-state index is 12.2. The molecule has 0 bridgehead atoms. The van der Waals surface area contributed by atoms with E-state index in [0.717, 1.165) is 58.2 Å². The van der Waals surface area contributed by atoms with Gasteiger partial charge in [0.15, 0.2) is 0 Å². The van der Waals surface area contributed by atoms with Crippen LogP contribution < -0.4 is 11.1 Å². The van der Waals surface area contributed by atoms with Crippen LogP contribution in [0.3, 0.4) is 0 Å². The average Bonchev–Trinajstić information content (AvgIpc) is 2.39. The minimum atomic E-state index is 0. The zero-order valence-electron chi connectivity index (χ0n) is 12.3. The van der Waals surface area contributed by atoms with Crippen molar-refractivity contribution in [2.45, 2.75) is 57.5 Å². The topological polar surface area (TPSA) is 58.4 Å². The standard InChI is InChI=1S/C14H27N3O.2ClH/c1-2-17-8-6-13(7-9-17)16-14(18)11-4-3-5-12(15)10-11;;/h11-13H,2-10,15H2,1H3,(H,16,18);2*1H. The van der Waals surface area contributed by atoms with Crippen LogP contribution in [0.2, 0.25) is 0 Å². The lowest BCUT2D eigenvalue weighted by Gasteiger charge is -2.33. The summed E-state index contributed by atoms with van der Waals surface area (Å²) in [6, 6.07) is 0.620. The summed E-state index contributed by atoms with van der Waals surface area (Å²) in [6.45, 7) is 5.55. The number of nitrogens with one attached hydrogen (secondary N) is 1. The Morgan fingerprint density at radius 3 is 2.40 bits per heavy atom. The van der Waals surface area contributed by atoms with Gasteiger partial charge in [-0.25, -0.2) is 0 Å². The molecule has 1 amide bonds. The Morgan fingerprint density at radius 2 is 1.85 bits per heavy atom. The van der Waals surface area contributed by atoms with Gasteiger partial charge in [-0.05, 0) is 38.6 Å². The van der Waals surface area contributed by atoms with Gasteiger partial charge in [-0.3, -0.25) is 4.79 Å². The Morgan fingerprint density at radius 1 is 1.20 bits per heavy atom. The van der Waals surface area contributed by atoms with Gasteiger partial charge in [0.05, 0.1) is 0 Å². The molecule has 2 unspecified atom stereocenters. The van der Waals surface area contributed by atoms with Crippen LogP contribution in [0, 0.1) is 5.92 Å². The van der Waals surface area contributed by atoms with Crippen LogP contribution in [-0.4, -0.2) is 42.5 Å². The summed E-state index contributed by atoms with van der Waals surface area (Å²) in [4.78, 5) is 14.6. The number of amides is 1. The van der Waals surface area contributed by atoms with Crippen molar-refractivity contribution >= 4 is 30.7 Å². The highest BCUT2D eigenvalue weighted by molar-refractivity contribution is 5.85. The summed E-state index contributed by atoms with van der Waals surface area (Å²) in [6.07, 6.45) is 6.27. The number of carbonyl (C=O) groups is 1. The van der Waals surface area contributed by atoms with Crippen molar-refractivity contribution in [1.29, 1.82) is 0 Å². The molecule has 2 aliphatic rings. The number of rotatable bonds is 3. The molecule has 6 heteroatoms. The Labute approximate surface area is 135 Å². The number of nitrogens with zero attached hydrogens (tertiary/aromatic N) is 1. The molecule has 4 nitrogen and oxygen atoms in total. The first-order valence-electron chi connectivity index (χ1n) is 7.47. The number of likely N-dealkylation sites (tertiary alicyclic amines) is 1. The minimum Gasteiger partial charge on any atom is -0.353 e. The van der Waals surface area contributed by atoms with Gasteiger partial charge in [-0.15, -0.1) is 24.8 Å². The maximum Gasteiger partial charge on any atom is 0.223 e. The van der Waals surface area contributed by atoms with Gasteiger partial charge in [-0.1, -0.05) is 13.3 Å². The number of nitrogens with two attached hydrogens (primary N) is 1. The molecular formula is C14H29Cl2N3O. The van der Waals surface area contributed by atoms with Gasteiger partial charge in [-0.2, -0.15) is 0 Å². The summed E-state index contributed by atoms with van der Waals surface area (Å²) >= 11 is 0. The number of halogens is 2. The van der Waals surface area contributed by atoms with E-state index in [9.17, 15) is 4.79 Å². The van der Waals surface area contributed by atoms with Crippen LogP contribution in [0.5, 0.6) is 0 Å². The van der Waals surface area contributed by atoms with Crippen LogP contribution in [0.4, 0.5) is 0 Å². The molecule has 1 heterocycles. The van der Waals surface area contributed by atoms with Crippen LogP contribution in [0.25, 0.3) is 0 Å². The zero-order chi connectivity index (χ0) is 13.0. The second-order valence-electron chi connectivity index (χ2n) is 5.84. The molecule has 0 aromatic rings. The number of hydrogen-bond acceptors (Lipinski definition) is 3. The van der Waals surface area contributed by atoms with E-state index in [2.05, 4.69) is 17.1 Å². The largest absolute Gasteiger partial charge is 0.353 e. The van der Waals surface area contributed by atoms with E-state index >= 15 is 0 Å². The van der Waals surface area contributed by atoms with Crippen molar-refractivity contribution in [2.24, 2.45) is 11.7 Å². The first-order chi connectivity index (χ1) is 8.69. The fraction of sp³-hybridized carbons (Fsp3) is 0.929. The van der Waals surface area contributed by atoms with E-state index in [4.69, 9.17) is 5.73 Å². The molecule has 0 spiro atoms. The van der Waals surface area contributed by atoms with E-state index in [1.165, 1.54) is 0 Å². The molecule has 120 valence electrons. The Kier molecular flexibility index (Phi) is 9.81. The fourth-order valence-electron chi connectivity index (χ4n) is 3.18. The van der Waals surface area contributed by atoms with Gasteiger partial charge in [0.25, 0.3) is 0 Å². The van der Waals surface area contributed by atoms with Crippen molar-refractivity contribution in [2.75, 3.05) is 19.6 Å². The third kappa shape index (κ3) is 5.76. The molecule has 0 radical (unpaired) electrons. The van der Waals surface area contributed by atoms with Gasteiger partial charge < -0.3 is 16.0 Å². The molecular weight excluding hydrogens is 297 g/mol. The lowest BCUT2D eigenvalue weighted by molar-refractivity contribution is -0.127. The van der Waals surface area contributed by atoms with Gasteiger partial charge in [0, 0.05) is 31.1 Å². The Balaban J connectivity index is 0.00000180. The molecule has 1 aliphatic heterocycles. The van der Waals surface area contributed by atoms with E-state index in [0.29, 0.717) is 6.04 Å². The quantitative estimate of drug-likeness (QED) is 0.833. The molecule has 2 rings (SSSR count). The number of piperidine rings is 1. The van der Waals surface area contributed by atoms with E-state index in [-0.39, 0.29) is 42.7 Å². The van der Waals surface area contributed by atoms with Crippen molar-refractivity contribution in [1.82, 2.24) is 10.2 Å². The Bertz CT molecular complexity index is 284. The lowest BCUT2D eigenvalue weighted by Crippen LogP contribution is -2.47. The molecule has 1 aliphatic carbocycles. The third-order valence-electron chi connectivity index (χ3n) is 4.47. The summed E-state index contributed by atoms with van der Waals surface area (Å²) in [5.41, 5.74) is 5.95. The van der Waals surface area contributed by atoms with E-state index < -0.39 is 0 Å². The van der Waals surface area contributed by atoms with Gasteiger partial charge in [0.1, 0.15) is 0 Å². The summed E-state index contributed by atoms with van der Waals surface area (Å²) in [5.74, 6) is 0.415. The second kappa shape index (κ2) is 9.82.